The van der Waals surface area contributed by atoms with Crippen LogP contribution in [0.5, 0.6) is 0 Å². The number of aryl methyl sites for hydroxylation is 1. The van der Waals surface area contributed by atoms with Crippen molar-refractivity contribution in [1.82, 2.24) is 4.98 Å². The van der Waals surface area contributed by atoms with Gasteiger partial charge in [0.05, 0.1) is 18.1 Å². The van der Waals surface area contributed by atoms with Gasteiger partial charge in [-0.05, 0) is 19.1 Å². The molecule has 0 aliphatic carbocycles. The predicted molar refractivity (Wildman–Crippen MR) is 46.4 cm³/mol. The molecule has 1 aromatic heterocycles. The third-order valence-electron chi connectivity index (χ3n) is 1.60. The third-order valence-corrected chi connectivity index (χ3v) is 1.60. The Balaban J connectivity index is 3.11. The highest BCUT2D eigenvalue weighted by molar-refractivity contribution is 5.96. The zero-order valence-corrected chi connectivity index (χ0v) is 7.13. The van der Waals surface area contributed by atoms with Crippen molar-refractivity contribution in [3.63, 3.8) is 0 Å². The number of H-pyrrole nitrogens is 1. The normalized spacial score (nSPS) is 9.23. The Morgan fingerprint density at radius 2 is 2.31 bits per heavy atom. The fourth-order valence-corrected chi connectivity index (χ4v) is 0.959. The van der Waals surface area contributed by atoms with Gasteiger partial charge in [-0.1, -0.05) is 0 Å². The molecule has 4 nitrogen and oxygen atoms in total. The molecule has 0 aliphatic heterocycles. The van der Waals surface area contributed by atoms with Crippen molar-refractivity contribution in [2.45, 2.75) is 13.3 Å². The lowest BCUT2D eigenvalue weighted by molar-refractivity contribution is 0.0996. The van der Waals surface area contributed by atoms with E-state index in [1.807, 2.05) is 0 Å². The summed E-state index contributed by atoms with van der Waals surface area (Å²) in [7, 11) is 0. The van der Waals surface area contributed by atoms with E-state index in [4.69, 9.17) is 5.26 Å². The van der Waals surface area contributed by atoms with Crippen molar-refractivity contribution in [3.05, 3.63) is 33.7 Å². The zero-order valence-electron chi connectivity index (χ0n) is 7.13. The second kappa shape index (κ2) is 3.68. The molecular formula is C9H8N2O2. The number of carbonyl (C=O) groups is 1. The summed E-state index contributed by atoms with van der Waals surface area (Å²) in [4.78, 5) is 24.8. The number of rotatable bonds is 2. The molecule has 13 heavy (non-hydrogen) atoms. The minimum Gasteiger partial charge on any atom is -0.326 e. The van der Waals surface area contributed by atoms with Crippen LogP contribution in [0.15, 0.2) is 16.9 Å². The number of aromatic amines is 1. The molecule has 0 unspecified atom stereocenters. The van der Waals surface area contributed by atoms with Crippen molar-refractivity contribution in [1.29, 1.82) is 5.26 Å². The van der Waals surface area contributed by atoms with Gasteiger partial charge in [0, 0.05) is 5.69 Å². The van der Waals surface area contributed by atoms with Crippen molar-refractivity contribution >= 4 is 5.78 Å². The highest BCUT2D eigenvalue weighted by Crippen LogP contribution is 1.97. The zero-order chi connectivity index (χ0) is 9.84. The van der Waals surface area contributed by atoms with E-state index < -0.39 is 11.3 Å². The number of nitriles is 1. The Hall–Kier alpha value is -1.89. The molecule has 0 amide bonds. The molecule has 0 radical (unpaired) electrons. The van der Waals surface area contributed by atoms with Crippen LogP contribution in [-0.4, -0.2) is 10.8 Å². The van der Waals surface area contributed by atoms with Crippen molar-refractivity contribution in [2.75, 3.05) is 0 Å². The molecule has 0 aliphatic rings. The molecule has 0 atom stereocenters. The first-order valence-corrected chi connectivity index (χ1v) is 3.75. The van der Waals surface area contributed by atoms with E-state index in [1.54, 1.807) is 19.1 Å². The first-order valence-electron chi connectivity index (χ1n) is 3.75. The molecule has 0 saturated carbocycles. The van der Waals surface area contributed by atoms with Crippen LogP contribution < -0.4 is 5.56 Å². The second-order valence-electron chi connectivity index (χ2n) is 2.64. The Kier molecular flexibility index (Phi) is 2.60. The Morgan fingerprint density at radius 3 is 2.85 bits per heavy atom. The summed E-state index contributed by atoms with van der Waals surface area (Å²) in [6.07, 6.45) is -0.258. The van der Waals surface area contributed by atoms with Gasteiger partial charge < -0.3 is 4.98 Å². The lowest BCUT2D eigenvalue weighted by atomic mass is 10.1. The van der Waals surface area contributed by atoms with E-state index in [2.05, 4.69) is 4.98 Å². The highest BCUT2D eigenvalue weighted by atomic mass is 16.1. The Bertz CT molecular complexity index is 426. The number of ketones is 1. The van der Waals surface area contributed by atoms with E-state index in [0.29, 0.717) is 5.69 Å². The standard InChI is InChI=1S/C9H8N2O2/c1-6-2-3-7(9(13)11-6)8(12)4-5-10/h2-3H,4H2,1H3,(H,11,13). The Labute approximate surface area is 74.8 Å². The molecule has 1 heterocycles. The van der Waals surface area contributed by atoms with E-state index in [9.17, 15) is 9.59 Å². The minimum absolute atomic E-state index is 0.0483. The average Bonchev–Trinajstić information content (AvgIpc) is 2.04. The van der Waals surface area contributed by atoms with Crippen LogP contribution in [0, 0.1) is 18.3 Å². The maximum Gasteiger partial charge on any atom is 0.259 e. The molecule has 0 saturated heterocycles. The number of hydrogen-bond donors (Lipinski definition) is 1. The van der Waals surface area contributed by atoms with Crippen LogP contribution in [0.25, 0.3) is 0 Å². The summed E-state index contributed by atoms with van der Waals surface area (Å²) in [6, 6.07) is 4.77. The average molecular weight is 176 g/mol. The number of Topliss-reactive ketones (excluding diaryl/α,β-unsaturated/α-hetero) is 1. The monoisotopic (exact) mass is 176 g/mol. The van der Waals surface area contributed by atoms with Gasteiger partial charge in [-0.15, -0.1) is 0 Å². The van der Waals surface area contributed by atoms with Crippen LogP contribution in [-0.2, 0) is 0 Å². The van der Waals surface area contributed by atoms with E-state index in [0.717, 1.165) is 0 Å². The van der Waals surface area contributed by atoms with Crippen molar-refractivity contribution < 1.29 is 4.79 Å². The number of carbonyl (C=O) groups excluding carboxylic acids is 1. The maximum absolute atomic E-state index is 11.2. The minimum atomic E-state index is -0.441. The molecular weight excluding hydrogens is 168 g/mol. The summed E-state index contributed by atoms with van der Waals surface area (Å²) in [5, 5.41) is 8.26. The molecule has 0 spiro atoms. The lowest BCUT2D eigenvalue weighted by Gasteiger charge is -1.95. The highest BCUT2D eigenvalue weighted by Gasteiger charge is 2.08. The quantitative estimate of drug-likeness (QED) is 0.676. The van der Waals surface area contributed by atoms with Gasteiger partial charge in [-0.3, -0.25) is 9.59 Å². The first kappa shape index (κ1) is 9.20. The molecule has 4 heteroatoms. The number of pyridine rings is 1. The molecule has 1 aromatic rings. The summed E-state index contributed by atoms with van der Waals surface area (Å²) < 4.78 is 0. The molecule has 1 N–H and O–H groups in total. The van der Waals surface area contributed by atoms with Crippen LogP contribution in [0.1, 0.15) is 22.5 Å². The maximum atomic E-state index is 11.2. The van der Waals surface area contributed by atoms with Gasteiger partial charge in [-0.2, -0.15) is 5.26 Å². The Morgan fingerprint density at radius 1 is 1.62 bits per heavy atom. The van der Waals surface area contributed by atoms with Crippen LogP contribution in [0.4, 0.5) is 0 Å². The first-order chi connectivity index (χ1) is 6.15. The number of aromatic nitrogens is 1. The third kappa shape index (κ3) is 2.03. The van der Waals surface area contributed by atoms with Crippen molar-refractivity contribution in [3.8, 4) is 6.07 Å². The second-order valence-corrected chi connectivity index (χ2v) is 2.64. The van der Waals surface area contributed by atoms with Crippen LogP contribution in [0.2, 0.25) is 0 Å². The van der Waals surface area contributed by atoms with Crippen molar-refractivity contribution in [2.24, 2.45) is 0 Å². The number of nitrogens with one attached hydrogen (secondary N) is 1. The van der Waals surface area contributed by atoms with Gasteiger partial charge in [0.25, 0.3) is 5.56 Å². The number of nitrogens with zero attached hydrogens (tertiary/aromatic N) is 1. The SMILES string of the molecule is Cc1ccc(C(=O)CC#N)c(=O)[nH]1. The molecule has 0 fully saturated rings. The van der Waals surface area contributed by atoms with Gasteiger partial charge in [0.15, 0.2) is 5.78 Å². The van der Waals surface area contributed by atoms with E-state index >= 15 is 0 Å². The predicted octanol–water partition coefficient (Wildman–Crippen LogP) is 0.780. The molecule has 1 rings (SSSR count). The fourth-order valence-electron chi connectivity index (χ4n) is 0.959. The molecule has 0 bridgehead atoms. The van der Waals surface area contributed by atoms with Crippen LogP contribution >= 0.6 is 0 Å². The van der Waals surface area contributed by atoms with E-state index in [-0.39, 0.29) is 12.0 Å². The summed E-state index contributed by atoms with van der Waals surface area (Å²) >= 11 is 0. The summed E-state index contributed by atoms with van der Waals surface area (Å²) in [5.74, 6) is -0.441. The summed E-state index contributed by atoms with van der Waals surface area (Å²) in [6.45, 7) is 1.72. The largest absolute Gasteiger partial charge is 0.326 e. The van der Waals surface area contributed by atoms with Crippen LogP contribution in [0.3, 0.4) is 0 Å². The smallest absolute Gasteiger partial charge is 0.259 e. The van der Waals surface area contributed by atoms with Gasteiger partial charge in [0.1, 0.15) is 0 Å². The van der Waals surface area contributed by atoms with Gasteiger partial charge >= 0.3 is 0 Å². The molecule has 66 valence electrons. The fraction of sp³-hybridized carbons (Fsp3) is 0.222. The van der Waals surface area contributed by atoms with Gasteiger partial charge in [0.2, 0.25) is 0 Å². The lowest BCUT2D eigenvalue weighted by Crippen LogP contribution is -2.17. The number of hydrogen-bond acceptors (Lipinski definition) is 3. The van der Waals surface area contributed by atoms with E-state index in [1.165, 1.54) is 6.07 Å². The summed E-state index contributed by atoms with van der Waals surface area (Å²) in [5.41, 5.74) is 0.311. The topological polar surface area (TPSA) is 73.7 Å². The molecule has 0 aromatic carbocycles. The van der Waals surface area contributed by atoms with Gasteiger partial charge in [-0.25, -0.2) is 0 Å².